The number of esters is 2. The van der Waals surface area contributed by atoms with Gasteiger partial charge in [0.05, 0.1) is 13.2 Å². The number of carbonyl (C=O) groups excluding carboxylic acids is 2. The Labute approximate surface area is 251 Å². The highest BCUT2D eigenvalue weighted by Crippen LogP contribution is 2.43. The molecule has 41 heavy (non-hydrogen) atoms. The third-order valence-corrected chi connectivity index (χ3v) is 8.22. The zero-order valence-electron chi connectivity index (χ0n) is 26.7. The topological polar surface area (TPSA) is 108 Å². The molecule has 1 N–H and O–H groups in total. The van der Waals surface area contributed by atoms with Gasteiger partial charge in [-0.3, -0.25) is 18.6 Å². The monoisotopic (exact) mass is 606 g/mol. The van der Waals surface area contributed by atoms with Crippen LogP contribution in [0.1, 0.15) is 168 Å². The number of hydrogen-bond donors (Lipinski definition) is 1. The number of phosphoric acid groups is 1. The first-order valence-corrected chi connectivity index (χ1v) is 18.3. The second-order valence-corrected chi connectivity index (χ2v) is 12.6. The number of carbonyl (C=O) groups is 2. The molecule has 9 heteroatoms. The van der Waals surface area contributed by atoms with Gasteiger partial charge >= 0.3 is 19.8 Å². The Kier molecular flexibility index (Phi) is 28.5. The van der Waals surface area contributed by atoms with Crippen LogP contribution in [0, 0.1) is 0 Å². The van der Waals surface area contributed by atoms with Crippen molar-refractivity contribution in [2.75, 3.05) is 19.8 Å². The minimum atomic E-state index is -4.26. The van der Waals surface area contributed by atoms with Crippen molar-refractivity contribution in [2.45, 2.75) is 175 Å². The van der Waals surface area contributed by atoms with Crippen LogP contribution in [-0.4, -0.2) is 42.8 Å². The predicted molar refractivity (Wildman–Crippen MR) is 166 cm³/mol. The summed E-state index contributed by atoms with van der Waals surface area (Å²) in [7, 11) is -4.26. The molecule has 0 aromatic rings. The Morgan fingerprint density at radius 3 is 1.37 bits per heavy atom. The highest BCUT2D eigenvalue weighted by Gasteiger charge is 2.25. The first-order valence-electron chi connectivity index (χ1n) is 16.8. The Morgan fingerprint density at radius 2 is 0.951 bits per heavy atom. The fraction of sp³-hybridized carbons (Fsp3) is 0.938. The molecule has 0 bridgehead atoms. The van der Waals surface area contributed by atoms with E-state index in [0.717, 1.165) is 38.5 Å². The summed E-state index contributed by atoms with van der Waals surface area (Å²) >= 11 is 0. The fourth-order valence-electron chi connectivity index (χ4n) is 4.69. The van der Waals surface area contributed by atoms with E-state index >= 15 is 0 Å². The first kappa shape index (κ1) is 40.1. The molecule has 0 aliphatic rings. The van der Waals surface area contributed by atoms with Crippen LogP contribution in [0.25, 0.3) is 0 Å². The van der Waals surface area contributed by atoms with E-state index in [2.05, 4.69) is 13.8 Å². The van der Waals surface area contributed by atoms with Crippen LogP contribution < -0.4 is 0 Å². The van der Waals surface area contributed by atoms with Gasteiger partial charge in [0.1, 0.15) is 6.61 Å². The van der Waals surface area contributed by atoms with Gasteiger partial charge in [0.2, 0.25) is 0 Å². The van der Waals surface area contributed by atoms with Gasteiger partial charge in [-0.25, -0.2) is 4.57 Å². The van der Waals surface area contributed by atoms with E-state index in [-0.39, 0.29) is 32.2 Å². The summed E-state index contributed by atoms with van der Waals surface area (Å²) in [5.41, 5.74) is 0. The maximum Gasteiger partial charge on any atom is 0.472 e. The largest absolute Gasteiger partial charge is 0.472 e. The van der Waals surface area contributed by atoms with Crippen LogP contribution >= 0.6 is 7.82 Å². The Bertz CT molecular complexity index is 658. The molecule has 0 radical (unpaired) electrons. The number of rotatable bonds is 31. The van der Waals surface area contributed by atoms with Crippen LogP contribution in [0.3, 0.4) is 0 Å². The standard InChI is InChI=1S/C32H63O8P/c1-4-7-9-11-13-15-17-19-21-23-25-27-32(34)40-30(29-39-41(35,36)38-6-3)28-37-31(33)26-24-22-20-18-16-14-12-10-8-5-2/h30H,4-29H2,1-3H3,(H,35,36). The van der Waals surface area contributed by atoms with Crippen molar-refractivity contribution < 1.29 is 37.6 Å². The van der Waals surface area contributed by atoms with Crippen molar-refractivity contribution in [2.24, 2.45) is 0 Å². The number of ether oxygens (including phenoxy) is 2. The lowest BCUT2D eigenvalue weighted by Crippen LogP contribution is -2.29. The highest BCUT2D eigenvalue weighted by atomic mass is 31.2. The summed E-state index contributed by atoms with van der Waals surface area (Å²) in [5, 5.41) is 0. The third kappa shape index (κ3) is 28.9. The molecule has 2 atom stereocenters. The van der Waals surface area contributed by atoms with Crippen molar-refractivity contribution in [1.82, 2.24) is 0 Å². The van der Waals surface area contributed by atoms with Crippen molar-refractivity contribution in [3.8, 4) is 0 Å². The molecule has 8 nitrogen and oxygen atoms in total. The van der Waals surface area contributed by atoms with Gasteiger partial charge in [-0.05, 0) is 19.8 Å². The summed E-state index contributed by atoms with van der Waals surface area (Å²) in [6.07, 6.45) is 24.4. The van der Waals surface area contributed by atoms with Gasteiger partial charge in [-0.15, -0.1) is 0 Å². The van der Waals surface area contributed by atoms with Gasteiger partial charge in [-0.2, -0.15) is 0 Å². The number of phosphoric ester groups is 1. The average Bonchev–Trinajstić information content (AvgIpc) is 2.94. The highest BCUT2D eigenvalue weighted by molar-refractivity contribution is 7.47. The lowest BCUT2D eigenvalue weighted by atomic mass is 10.1. The van der Waals surface area contributed by atoms with Crippen molar-refractivity contribution in [3.05, 3.63) is 0 Å². The lowest BCUT2D eigenvalue weighted by molar-refractivity contribution is -0.161. The summed E-state index contributed by atoms with van der Waals surface area (Å²) in [4.78, 5) is 34.3. The lowest BCUT2D eigenvalue weighted by Gasteiger charge is -2.19. The molecular weight excluding hydrogens is 543 g/mol. The van der Waals surface area contributed by atoms with E-state index in [9.17, 15) is 19.0 Å². The molecule has 0 saturated heterocycles. The molecule has 0 rings (SSSR count). The van der Waals surface area contributed by atoms with Gasteiger partial charge < -0.3 is 14.4 Å². The van der Waals surface area contributed by atoms with E-state index < -0.39 is 19.9 Å². The van der Waals surface area contributed by atoms with E-state index in [4.69, 9.17) is 18.5 Å². The molecule has 0 aromatic heterocycles. The van der Waals surface area contributed by atoms with Gasteiger partial charge in [0, 0.05) is 12.8 Å². The molecule has 0 spiro atoms. The quantitative estimate of drug-likeness (QED) is 0.0472. The van der Waals surface area contributed by atoms with Gasteiger partial charge in [0.15, 0.2) is 6.10 Å². The minimum Gasteiger partial charge on any atom is -0.462 e. The maximum absolute atomic E-state index is 12.4. The number of unbranched alkanes of at least 4 members (excludes halogenated alkanes) is 19. The van der Waals surface area contributed by atoms with Crippen LogP contribution in [0.2, 0.25) is 0 Å². The SMILES string of the molecule is CCCCCCCCCCCCCC(=O)OC(COC(=O)CCCCCCCCCCCC)COP(=O)(O)OCC. The second-order valence-electron chi connectivity index (χ2n) is 11.2. The number of hydrogen-bond acceptors (Lipinski definition) is 7. The normalized spacial score (nSPS) is 13.6. The van der Waals surface area contributed by atoms with Crippen molar-refractivity contribution in [1.29, 1.82) is 0 Å². The zero-order valence-corrected chi connectivity index (χ0v) is 27.6. The Hall–Kier alpha value is -0.950. The van der Waals surface area contributed by atoms with Crippen molar-refractivity contribution in [3.63, 3.8) is 0 Å². The third-order valence-electron chi connectivity index (χ3n) is 7.16. The summed E-state index contributed by atoms with van der Waals surface area (Å²) in [6, 6.07) is 0. The molecule has 244 valence electrons. The van der Waals surface area contributed by atoms with Crippen LogP contribution in [0.15, 0.2) is 0 Å². The molecule has 2 unspecified atom stereocenters. The van der Waals surface area contributed by atoms with Gasteiger partial charge in [-0.1, -0.05) is 136 Å². The molecule has 0 fully saturated rings. The molecule has 0 heterocycles. The fourth-order valence-corrected chi connectivity index (χ4v) is 5.44. The van der Waals surface area contributed by atoms with Gasteiger partial charge in [0.25, 0.3) is 0 Å². The van der Waals surface area contributed by atoms with E-state index in [0.29, 0.717) is 6.42 Å². The van der Waals surface area contributed by atoms with Crippen molar-refractivity contribution >= 4 is 19.8 Å². The minimum absolute atomic E-state index is 0.00489. The van der Waals surface area contributed by atoms with E-state index in [1.165, 1.54) is 96.3 Å². The van der Waals surface area contributed by atoms with Crippen LogP contribution in [0.4, 0.5) is 0 Å². The maximum atomic E-state index is 12.4. The summed E-state index contributed by atoms with van der Waals surface area (Å²) < 4.78 is 32.3. The van der Waals surface area contributed by atoms with E-state index in [1.54, 1.807) is 6.92 Å². The van der Waals surface area contributed by atoms with Crippen LogP contribution in [0.5, 0.6) is 0 Å². The summed E-state index contributed by atoms with van der Waals surface area (Å²) in [6.45, 7) is 5.43. The average molecular weight is 607 g/mol. The Balaban J connectivity index is 4.20. The summed E-state index contributed by atoms with van der Waals surface area (Å²) in [5.74, 6) is -0.794. The smallest absolute Gasteiger partial charge is 0.462 e. The Morgan fingerprint density at radius 1 is 0.561 bits per heavy atom. The second kappa shape index (κ2) is 29.1. The van der Waals surface area contributed by atoms with Crippen LogP contribution in [-0.2, 0) is 32.7 Å². The molecule has 0 amide bonds. The zero-order chi connectivity index (χ0) is 30.4. The van der Waals surface area contributed by atoms with E-state index in [1.807, 2.05) is 0 Å². The molecule has 0 aliphatic carbocycles. The molecular formula is C32H63O8P. The first-order chi connectivity index (χ1) is 19.8. The molecule has 0 aromatic carbocycles. The molecule has 0 aliphatic heterocycles. The predicted octanol–water partition coefficient (Wildman–Crippen LogP) is 9.61. The molecule has 0 saturated carbocycles.